The van der Waals surface area contributed by atoms with Crippen molar-refractivity contribution < 1.29 is 0 Å². The minimum Gasteiger partial charge on any atom is -0.270 e. The van der Waals surface area contributed by atoms with Gasteiger partial charge in [-0.05, 0) is 18.8 Å². The molecule has 0 bridgehead atoms. The number of hydrogen-bond donors (Lipinski definition) is 2. The highest BCUT2D eigenvalue weighted by molar-refractivity contribution is 5.01. The molecule has 0 spiro atoms. The maximum absolute atomic E-state index is 5.37. The fourth-order valence-corrected chi connectivity index (χ4v) is 1.96. The van der Waals surface area contributed by atoms with E-state index in [4.69, 9.17) is 12.3 Å². The van der Waals surface area contributed by atoms with Gasteiger partial charge in [-0.1, -0.05) is 31.6 Å². The maximum Gasteiger partial charge on any atom is 0.0842 e. The smallest absolute Gasteiger partial charge is 0.0842 e. The van der Waals surface area contributed by atoms with Crippen molar-refractivity contribution in [3.63, 3.8) is 0 Å². The molecule has 1 unspecified atom stereocenters. The first-order valence-electron chi connectivity index (χ1n) is 4.80. The summed E-state index contributed by atoms with van der Waals surface area (Å²) in [5.41, 5.74) is 2.71. The van der Waals surface area contributed by atoms with Crippen LogP contribution in [0.2, 0.25) is 0 Å². The van der Waals surface area contributed by atoms with E-state index in [-0.39, 0.29) is 6.04 Å². The Hall–Kier alpha value is -0.520. The average molecular weight is 166 g/mol. The first-order valence-corrected chi connectivity index (χ1v) is 4.80. The Morgan fingerprint density at radius 1 is 1.25 bits per heavy atom. The third-order valence-corrected chi connectivity index (χ3v) is 2.73. The van der Waals surface area contributed by atoms with Gasteiger partial charge in [-0.2, -0.15) is 0 Å². The second-order valence-electron chi connectivity index (χ2n) is 3.56. The molecule has 3 N–H and O–H groups in total. The number of hydrogen-bond acceptors (Lipinski definition) is 2. The highest BCUT2D eigenvalue weighted by Crippen LogP contribution is 2.24. The summed E-state index contributed by atoms with van der Waals surface area (Å²) < 4.78 is 0. The zero-order valence-electron chi connectivity index (χ0n) is 7.55. The molecule has 2 nitrogen and oxygen atoms in total. The second-order valence-corrected chi connectivity index (χ2v) is 3.56. The Labute approximate surface area is 74.9 Å². The lowest BCUT2D eigenvalue weighted by Crippen LogP contribution is -2.39. The van der Waals surface area contributed by atoms with E-state index in [1.807, 2.05) is 0 Å². The Balaban J connectivity index is 2.42. The van der Waals surface area contributed by atoms with E-state index < -0.39 is 0 Å². The van der Waals surface area contributed by atoms with Gasteiger partial charge in [0.05, 0.1) is 6.04 Å². The van der Waals surface area contributed by atoms with Gasteiger partial charge in [-0.25, -0.2) is 5.43 Å². The fourth-order valence-electron chi connectivity index (χ4n) is 1.96. The van der Waals surface area contributed by atoms with Crippen LogP contribution in [0.25, 0.3) is 0 Å². The summed E-state index contributed by atoms with van der Waals surface area (Å²) in [7, 11) is 0. The molecule has 0 aromatic carbocycles. The van der Waals surface area contributed by atoms with Crippen molar-refractivity contribution in [2.75, 3.05) is 0 Å². The third-order valence-electron chi connectivity index (χ3n) is 2.73. The SMILES string of the molecule is C#CC(NN)C1CCCCCC1. The van der Waals surface area contributed by atoms with Gasteiger partial charge >= 0.3 is 0 Å². The molecule has 0 aromatic heterocycles. The normalized spacial score (nSPS) is 22.7. The van der Waals surface area contributed by atoms with Gasteiger partial charge in [-0.15, -0.1) is 6.42 Å². The first kappa shape index (κ1) is 9.57. The molecule has 1 fully saturated rings. The van der Waals surface area contributed by atoms with E-state index in [1.54, 1.807) is 0 Å². The van der Waals surface area contributed by atoms with Crippen LogP contribution >= 0.6 is 0 Å². The molecule has 12 heavy (non-hydrogen) atoms. The van der Waals surface area contributed by atoms with E-state index >= 15 is 0 Å². The van der Waals surface area contributed by atoms with Crippen LogP contribution in [0.3, 0.4) is 0 Å². The highest BCUT2D eigenvalue weighted by Gasteiger charge is 2.19. The van der Waals surface area contributed by atoms with Crippen LogP contribution in [0, 0.1) is 18.3 Å². The Kier molecular flexibility index (Phi) is 4.13. The average Bonchev–Trinajstić information content (AvgIpc) is 2.35. The van der Waals surface area contributed by atoms with Crippen molar-refractivity contribution in [2.24, 2.45) is 11.8 Å². The maximum atomic E-state index is 5.37. The predicted molar refractivity (Wildman–Crippen MR) is 51.1 cm³/mol. The van der Waals surface area contributed by atoms with Crippen LogP contribution in [0.1, 0.15) is 38.5 Å². The summed E-state index contributed by atoms with van der Waals surface area (Å²) >= 11 is 0. The molecule has 68 valence electrons. The third kappa shape index (κ3) is 2.51. The van der Waals surface area contributed by atoms with Gasteiger partial charge < -0.3 is 0 Å². The molecular weight excluding hydrogens is 148 g/mol. The Morgan fingerprint density at radius 3 is 2.25 bits per heavy atom. The lowest BCUT2D eigenvalue weighted by Gasteiger charge is -2.20. The molecule has 1 saturated carbocycles. The van der Waals surface area contributed by atoms with E-state index in [0.29, 0.717) is 5.92 Å². The fraction of sp³-hybridized carbons (Fsp3) is 0.800. The van der Waals surface area contributed by atoms with Crippen LogP contribution in [-0.4, -0.2) is 6.04 Å². The van der Waals surface area contributed by atoms with E-state index in [1.165, 1.54) is 38.5 Å². The molecule has 0 radical (unpaired) electrons. The van der Waals surface area contributed by atoms with Gasteiger partial charge in [0.15, 0.2) is 0 Å². The number of nitrogens with one attached hydrogen (secondary N) is 1. The van der Waals surface area contributed by atoms with Gasteiger partial charge in [0, 0.05) is 0 Å². The van der Waals surface area contributed by atoms with Gasteiger partial charge in [-0.3, -0.25) is 5.84 Å². The largest absolute Gasteiger partial charge is 0.270 e. The molecular formula is C10H18N2. The quantitative estimate of drug-likeness (QED) is 0.282. The molecule has 0 aromatic rings. The van der Waals surface area contributed by atoms with Crippen molar-refractivity contribution in [3.05, 3.63) is 0 Å². The topological polar surface area (TPSA) is 38.0 Å². The van der Waals surface area contributed by atoms with Crippen LogP contribution in [0.5, 0.6) is 0 Å². The summed E-state index contributed by atoms with van der Waals surface area (Å²) in [6, 6.07) is 0.0862. The van der Waals surface area contributed by atoms with E-state index in [9.17, 15) is 0 Å². The van der Waals surface area contributed by atoms with Crippen LogP contribution in [-0.2, 0) is 0 Å². The summed E-state index contributed by atoms with van der Waals surface area (Å²) in [6.45, 7) is 0. The van der Waals surface area contributed by atoms with E-state index in [0.717, 1.165) is 0 Å². The summed E-state index contributed by atoms with van der Waals surface area (Å²) in [5.74, 6) is 8.69. The monoisotopic (exact) mass is 166 g/mol. The summed E-state index contributed by atoms with van der Waals surface area (Å²) in [5, 5.41) is 0. The number of hydrazine groups is 1. The molecule has 1 aliphatic carbocycles. The van der Waals surface area contributed by atoms with Crippen molar-refractivity contribution in [3.8, 4) is 12.3 Å². The van der Waals surface area contributed by atoms with Crippen LogP contribution < -0.4 is 11.3 Å². The van der Waals surface area contributed by atoms with Gasteiger partial charge in [0.2, 0.25) is 0 Å². The minimum absolute atomic E-state index is 0.0862. The first-order chi connectivity index (χ1) is 5.88. The lowest BCUT2D eigenvalue weighted by molar-refractivity contribution is 0.377. The van der Waals surface area contributed by atoms with Crippen LogP contribution in [0.4, 0.5) is 0 Å². The second kappa shape index (κ2) is 5.18. The van der Waals surface area contributed by atoms with Crippen molar-refractivity contribution in [2.45, 2.75) is 44.6 Å². The van der Waals surface area contributed by atoms with Crippen molar-refractivity contribution in [1.82, 2.24) is 5.43 Å². The summed E-state index contributed by atoms with van der Waals surface area (Å²) in [4.78, 5) is 0. The standard InChI is InChI=1S/C10H18N2/c1-2-10(12-11)9-7-5-3-4-6-8-9/h1,9-10,12H,3-8,11H2. The van der Waals surface area contributed by atoms with E-state index in [2.05, 4.69) is 11.3 Å². The Morgan fingerprint density at radius 2 is 1.83 bits per heavy atom. The summed E-state index contributed by atoms with van der Waals surface area (Å²) in [6.07, 6.45) is 13.2. The molecule has 0 heterocycles. The molecule has 0 aliphatic heterocycles. The van der Waals surface area contributed by atoms with Crippen molar-refractivity contribution >= 4 is 0 Å². The Bertz CT molecular complexity index is 152. The molecule has 1 atom stereocenters. The molecule has 2 heteroatoms. The molecule has 0 saturated heterocycles. The molecule has 0 amide bonds. The number of nitrogens with two attached hydrogens (primary N) is 1. The van der Waals surface area contributed by atoms with Gasteiger partial charge in [0.1, 0.15) is 0 Å². The van der Waals surface area contributed by atoms with Crippen molar-refractivity contribution in [1.29, 1.82) is 0 Å². The van der Waals surface area contributed by atoms with Crippen LogP contribution in [0.15, 0.2) is 0 Å². The zero-order chi connectivity index (χ0) is 8.81. The zero-order valence-corrected chi connectivity index (χ0v) is 7.55. The lowest BCUT2D eigenvalue weighted by atomic mass is 9.93. The highest BCUT2D eigenvalue weighted by atomic mass is 15.2. The molecule has 1 rings (SSSR count). The van der Waals surface area contributed by atoms with Gasteiger partial charge in [0.25, 0.3) is 0 Å². The minimum atomic E-state index is 0.0862. The number of terminal acetylenes is 1. The predicted octanol–water partition coefficient (Wildman–Crippen LogP) is 1.42. The molecule has 1 aliphatic rings. The number of rotatable bonds is 2.